The molecule has 3 aromatic rings. The van der Waals surface area contributed by atoms with Crippen LogP contribution in [0.4, 0.5) is 0 Å². The Kier molecular flexibility index (Phi) is 2.63. The molecule has 0 amide bonds. The lowest BCUT2D eigenvalue weighted by atomic mass is 9.98. The molecule has 1 atom stereocenters. The van der Waals surface area contributed by atoms with E-state index in [-0.39, 0.29) is 6.04 Å². The molecule has 0 fully saturated rings. The van der Waals surface area contributed by atoms with E-state index >= 15 is 0 Å². The molecule has 1 aromatic carbocycles. The van der Waals surface area contributed by atoms with Crippen molar-refractivity contribution in [3.63, 3.8) is 0 Å². The van der Waals surface area contributed by atoms with E-state index in [1.54, 1.807) is 18.9 Å². The maximum absolute atomic E-state index is 4.45. The van der Waals surface area contributed by atoms with Crippen LogP contribution in [0.5, 0.6) is 0 Å². The van der Waals surface area contributed by atoms with E-state index in [1.807, 2.05) is 10.8 Å². The molecule has 0 bridgehead atoms. The van der Waals surface area contributed by atoms with Gasteiger partial charge in [0.05, 0.1) is 24.4 Å². The largest absolute Gasteiger partial charge is 0.348 e. The van der Waals surface area contributed by atoms with Crippen molar-refractivity contribution in [2.24, 2.45) is 0 Å². The number of aromatic amines is 1. The Bertz CT molecular complexity index is 696. The van der Waals surface area contributed by atoms with E-state index in [4.69, 9.17) is 0 Å². The van der Waals surface area contributed by atoms with E-state index in [0.717, 1.165) is 24.3 Å². The topological polar surface area (TPSA) is 58.5 Å². The minimum atomic E-state index is 0.182. The van der Waals surface area contributed by atoms with Crippen molar-refractivity contribution >= 4 is 0 Å². The number of H-pyrrole nitrogens is 1. The summed E-state index contributed by atoms with van der Waals surface area (Å²) in [5.74, 6) is 0. The van der Waals surface area contributed by atoms with Gasteiger partial charge in [-0.05, 0) is 17.7 Å². The highest BCUT2D eigenvalue weighted by Crippen LogP contribution is 2.26. The first kappa shape index (κ1) is 11.4. The van der Waals surface area contributed by atoms with Gasteiger partial charge in [0, 0.05) is 36.7 Å². The molecule has 0 unspecified atom stereocenters. The lowest BCUT2D eigenvalue weighted by Crippen LogP contribution is -2.30. The van der Waals surface area contributed by atoms with Crippen LogP contribution >= 0.6 is 0 Å². The second-order valence-corrected chi connectivity index (χ2v) is 4.96. The Morgan fingerprint density at radius 2 is 2.10 bits per heavy atom. The number of aromatic nitrogens is 4. The summed E-state index contributed by atoms with van der Waals surface area (Å²) in [6.45, 7) is 0.975. The van der Waals surface area contributed by atoms with Crippen molar-refractivity contribution in [3.05, 3.63) is 66.3 Å². The second kappa shape index (κ2) is 4.61. The number of rotatable bonds is 2. The zero-order chi connectivity index (χ0) is 13.4. The van der Waals surface area contributed by atoms with Crippen molar-refractivity contribution in [2.45, 2.75) is 12.5 Å². The molecular formula is C15H15N5. The molecule has 5 nitrogen and oxygen atoms in total. The van der Waals surface area contributed by atoms with Gasteiger partial charge in [-0.3, -0.25) is 0 Å². The van der Waals surface area contributed by atoms with Crippen molar-refractivity contribution in [3.8, 4) is 5.69 Å². The molecule has 1 aliphatic rings. The molecule has 1 aliphatic heterocycles. The fourth-order valence-corrected chi connectivity index (χ4v) is 2.75. The van der Waals surface area contributed by atoms with E-state index < -0.39 is 0 Å². The highest BCUT2D eigenvalue weighted by molar-refractivity contribution is 5.39. The Balaban J connectivity index is 1.68. The predicted molar refractivity (Wildman–Crippen MR) is 75.7 cm³/mol. The van der Waals surface area contributed by atoms with Gasteiger partial charge in [0.2, 0.25) is 0 Å². The molecule has 0 spiro atoms. The molecule has 100 valence electrons. The SMILES string of the molecule is c1cn(-c2ccc([C@@H]3NCCc4[nH]cnc43)cc2)cn1. The van der Waals surface area contributed by atoms with Crippen molar-refractivity contribution in [1.29, 1.82) is 0 Å². The quantitative estimate of drug-likeness (QED) is 0.743. The normalized spacial score (nSPS) is 17.9. The highest BCUT2D eigenvalue weighted by Gasteiger charge is 2.23. The summed E-state index contributed by atoms with van der Waals surface area (Å²) >= 11 is 0. The summed E-state index contributed by atoms with van der Waals surface area (Å²) in [5.41, 5.74) is 4.71. The van der Waals surface area contributed by atoms with Crippen LogP contribution in [0.1, 0.15) is 23.0 Å². The molecular weight excluding hydrogens is 250 g/mol. The average Bonchev–Trinajstić information content (AvgIpc) is 3.18. The van der Waals surface area contributed by atoms with Gasteiger partial charge in [0.1, 0.15) is 0 Å². The fraction of sp³-hybridized carbons (Fsp3) is 0.200. The van der Waals surface area contributed by atoms with Crippen molar-refractivity contribution in [2.75, 3.05) is 6.54 Å². The Morgan fingerprint density at radius 1 is 1.20 bits per heavy atom. The van der Waals surface area contributed by atoms with Gasteiger partial charge in [-0.15, -0.1) is 0 Å². The van der Waals surface area contributed by atoms with Crippen LogP contribution in [-0.4, -0.2) is 26.1 Å². The second-order valence-electron chi connectivity index (χ2n) is 4.96. The molecule has 0 aliphatic carbocycles. The summed E-state index contributed by atoms with van der Waals surface area (Å²) in [4.78, 5) is 11.8. The van der Waals surface area contributed by atoms with Gasteiger partial charge in [-0.2, -0.15) is 0 Å². The molecule has 2 N–H and O–H groups in total. The van der Waals surface area contributed by atoms with E-state index in [2.05, 4.69) is 44.5 Å². The monoisotopic (exact) mass is 265 g/mol. The number of nitrogens with one attached hydrogen (secondary N) is 2. The van der Waals surface area contributed by atoms with Crippen molar-refractivity contribution < 1.29 is 0 Å². The number of benzene rings is 1. The van der Waals surface area contributed by atoms with Gasteiger partial charge in [-0.1, -0.05) is 12.1 Å². The number of fused-ring (bicyclic) bond motifs is 1. The Labute approximate surface area is 116 Å². The number of nitrogens with zero attached hydrogens (tertiary/aromatic N) is 3. The maximum Gasteiger partial charge on any atom is 0.0991 e. The summed E-state index contributed by atoms with van der Waals surface area (Å²) in [6, 6.07) is 8.70. The molecule has 3 heterocycles. The highest BCUT2D eigenvalue weighted by atomic mass is 15.0. The zero-order valence-corrected chi connectivity index (χ0v) is 11.0. The van der Waals surface area contributed by atoms with Crippen LogP contribution in [0.15, 0.2) is 49.3 Å². The lowest BCUT2D eigenvalue weighted by Gasteiger charge is -2.23. The number of hydrogen-bond acceptors (Lipinski definition) is 3. The molecule has 0 saturated heterocycles. The van der Waals surface area contributed by atoms with Crippen LogP contribution < -0.4 is 5.32 Å². The Hall–Kier alpha value is -2.40. The predicted octanol–water partition coefficient (Wildman–Crippen LogP) is 1.83. The van der Waals surface area contributed by atoms with Gasteiger partial charge in [-0.25, -0.2) is 9.97 Å². The smallest absolute Gasteiger partial charge is 0.0991 e. The molecule has 20 heavy (non-hydrogen) atoms. The van der Waals surface area contributed by atoms with E-state index in [9.17, 15) is 0 Å². The third kappa shape index (κ3) is 1.83. The first-order valence-corrected chi connectivity index (χ1v) is 6.75. The van der Waals surface area contributed by atoms with Crippen molar-refractivity contribution in [1.82, 2.24) is 24.8 Å². The summed E-state index contributed by atoms with van der Waals surface area (Å²) < 4.78 is 2.00. The third-order valence-corrected chi connectivity index (χ3v) is 3.78. The van der Waals surface area contributed by atoms with Crippen LogP contribution in [0.3, 0.4) is 0 Å². The van der Waals surface area contributed by atoms with E-state index in [0.29, 0.717) is 0 Å². The van der Waals surface area contributed by atoms with Gasteiger partial charge in [0.25, 0.3) is 0 Å². The van der Waals surface area contributed by atoms with Crippen LogP contribution in [0.2, 0.25) is 0 Å². The standard InChI is InChI=1S/C15H15N5/c1-3-12(20-8-7-16-10-20)4-2-11(1)14-15-13(5-6-17-14)18-9-19-15/h1-4,7-10,14,17H,5-6H2,(H,18,19)/t14-/m0/s1. The van der Waals surface area contributed by atoms with E-state index in [1.165, 1.54) is 11.3 Å². The Morgan fingerprint density at radius 3 is 2.90 bits per heavy atom. The lowest BCUT2D eigenvalue weighted by molar-refractivity contribution is 0.553. The van der Waals surface area contributed by atoms with Crippen LogP contribution in [0, 0.1) is 0 Å². The minimum Gasteiger partial charge on any atom is -0.348 e. The summed E-state index contributed by atoms with van der Waals surface area (Å²) in [7, 11) is 0. The van der Waals surface area contributed by atoms with Gasteiger partial charge in [0.15, 0.2) is 0 Å². The molecule has 0 radical (unpaired) electrons. The number of hydrogen-bond donors (Lipinski definition) is 2. The maximum atomic E-state index is 4.45. The van der Waals surface area contributed by atoms with Gasteiger partial charge >= 0.3 is 0 Å². The average molecular weight is 265 g/mol. The van der Waals surface area contributed by atoms with Crippen LogP contribution in [0.25, 0.3) is 5.69 Å². The fourth-order valence-electron chi connectivity index (χ4n) is 2.75. The first-order valence-electron chi connectivity index (χ1n) is 6.75. The molecule has 2 aromatic heterocycles. The third-order valence-electron chi connectivity index (χ3n) is 3.78. The number of imidazole rings is 2. The minimum absolute atomic E-state index is 0.182. The zero-order valence-electron chi connectivity index (χ0n) is 11.0. The molecule has 4 rings (SSSR count). The molecule has 5 heteroatoms. The van der Waals surface area contributed by atoms with Crippen LogP contribution in [-0.2, 0) is 6.42 Å². The first-order chi connectivity index (χ1) is 9.92. The molecule has 0 saturated carbocycles. The summed E-state index contributed by atoms with van der Waals surface area (Å²) in [6.07, 6.45) is 8.33. The van der Waals surface area contributed by atoms with Gasteiger partial charge < -0.3 is 14.9 Å². The summed E-state index contributed by atoms with van der Waals surface area (Å²) in [5, 5.41) is 3.53.